The Labute approximate surface area is 194 Å². The van der Waals surface area contributed by atoms with E-state index in [9.17, 15) is 0 Å². The number of hydrogen-bond donors (Lipinski definition) is 1. The van der Waals surface area contributed by atoms with Crippen LogP contribution < -0.4 is 9.64 Å². The Kier molecular flexibility index (Phi) is 6.51. The molecule has 170 valence electrons. The van der Waals surface area contributed by atoms with Gasteiger partial charge < -0.3 is 14.4 Å². The van der Waals surface area contributed by atoms with Gasteiger partial charge in [0, 0.05) is 44.3 Å². The molecule has 4 aromatic rings. The molecule has 3 heterocycles. The van der Waals surface area contributed by atoms with Gasteiger partial charge in [0.1, 0.15) is 11.6 Å². The Morgan fingerprint density at radius 3 is 2.58 bits per heavy atom. The van der Waals surface area contributed by atoms with E-state index >= 15 is 0 Å². The number of morpholine rings is 1. The lowest BCUT2D eigenvalue weighted by molar-refractivity contribution is 0.0341. The molecule has 1 fully saturated rings. The van der Waals surface area contributed by atoms with Crippen LogP contribution in [0.3, 0.4) is 0 Å². The number of methoxy groups -OCH3 is 1. The Hall–Kier alpha value is -3.42. The Morgan fingerprint density at radius 2 is 1.79 bits per heavy atom. The molecule has 0 radical (unpaired) electrons. The maximum Gasteiger partial charge on any atom is 0.129 e. The fraction of sp³-hybridized carbons (Fsp3) is 0.308. The lowest BCUT2D eigenvalue weighted by atomic mass is 10.1. The largest absolute Gasteiger partial charge is 0.497 e. The van der Waals surface area contributed by atoms with E-state index in [0.717, 1.165) is 68.4 Å². The number of anilines is 1. The zero-order valence-electron chi connectivity index (χ0n) is 18.9. The third-order valence-electron chi connectivity index (χ3n) is 6.03. The first-order chi connectivity index (χ1) is 16.3. The zero-order chi connectivity index (χ0) is 22.5. The van der Waals surface area contributed by atoms with Gasteiger partial charge in [0.05, 0.1) is 32.0 Å². The van der Waals surface area contributed by atoms with Crippen molar-refractivity contribution in [1.29, 1.82) is 0 Å². The predicted molar refractivity (Wildman–Crippen MR) is 129 cm³/mol. The summed E-state index contributed by atoms with van der Waals surface area (Å²) in [6.07, 6.45) is 3.85. The molecule has 5 rings (SSSR count). The summed E-state index contributed by atoms with van der Waals surface area (Å²) >= 11 is 0. The number of aromatic amines is 1. The summed E-state index contributed by atoms with van der Waals surface area (Å²) in [7, 11) is 1.70. The maximum atomic E-state index is 5.46. The van der Waals surface area contributed by atoms with Crippen LogP contribution in [0.15, 0.2) is 67.0 Å². The molecular weight excluding hydrogens is 414 g/mol. The summed E-state index contributed by atoms with van der Waals surface area (Å²) < 4.78 is 10.9. The SMILES string of the molecule is COc1cccc(CN(Cc2ccc3cn[nH]c3c2)c2ccc(CN3CCOCC3)cn2)c1. The van der Waals surface area contributed by atoms with Crippen molar-refractivity contribution >= 4 is 16.7 Å². The van der Waals surface area contributed by atoms with Crippen LogP contribution in [0.1, 0.15) is 16.7 Å². The van der Waals surface area contributed by atoms with Crippen molar-refractivity contribution in [2.45, 2.75) is 19.6 Å². The summed E-state index contributed by atoms with van der Waals surface area (Å²) in [6.45, 7) is 5.93. The van der Waals surface area contributed by atoms with Gasteiger partial charge in [-0.1, -0.05) is 30.3 Å². The number of nitrogens with one attached hydrogen (secondary N) is 1. The standard InChI is InChI=1S/C26H29N5O2/c1-32-24-4-2-3-20(13-24)18-31(19-21-5-7-23-16-28-29-25(23)14-21)26-8-6-22(15-27-26)17-30-9-11-33-12-10-30/h2-8,13-16H,9-12,17-19H2,1H3,(H,28,29). The van der Waals surface area contributed by atoms with Gasteiger partial charge in [0.25, 0.3) is 0 Å². The van der Waals surface area contributed by atoms with E-state index in [1.54, 1.807) is 7.11 Å². The fourth-order valence-corrected chi connectivity index (χ4v) is 4.23. The van der Waals surface area contributed by atoms with Crippen molar-refractivity contribution in [3.05, 3.63) is 83.7 Å². The molecule has 7 nitrogen and oxygen atoms in total. The van der Waals surface area contributed by atoms with Crippen LogP contribution in [0.2, 0.25) is 0 Å². The molecule has 0 spiro atoms. The zero-order valence-corrected chi connectivity index (χ0v) is 18.9. The molecule has 0 atom stereocenters. The van der Waals surface area contributed by atoms with Gasteiger partial charge in [-0.15, -0.1) is 0 Å². The molecule has 0 bridgehead atoms. The number of fused-ring (bicyclic) bond motifs is 1. The summed E-state index contributed by atoms with van der Waals surface area (Å²) in [4.78, 5) is 9.56. The van der Waals surface area contributed by atoms with Crippen LogP contribution in [0.5, 0.6) is 5.75 Å². The topological polar surface area (TPSA) is 66.5 Å². The van der Waals surface area contributed by atoms with Gasteiger partial charge in [-0.05, 0) is 41.0 Å². The average Bonchev–Trinajstić information content (AvgIpc) is 3.33. The van der Waals surface area contributed by atoms with Gasteiger partial charge >= 0.3 is 0 Å². The van der Waals surface area contributed by atoms with Gasteiger partial charge in [-0.3, -0.25) is 10.00 Å². The van der Waals surface area contributed by atoms with Crippen LogP contribution in [0.4, 0.5) is 5.82 Å². The van der Waals surface area contributed by atoms with Crippen molar-refractivity contribution in [3.8, 4) is 5.75 Å². The van der Waals surface area contributed by atoms with E-state index < -0.39 is 0 Å². The minimum Gasteiger partial charge on any atom is -0.497 e. The highest BCUT2D eigenvalue weighted by Crippen LogP contribution is 2.22. The van der Waals surface area contributed by atoms with E-state index in [4.69, 9.17) is 14.5 Å². The molecule has 0 aliphatic carbocycles. The lowest BCUT2D eigenvalue weighted by Crippen LogP contribution is -2.35. The number of H-pyrrole nitrogens is 1. The van der Waals surface area contributed by atoms with E-state index in [1.807, 2.05) is 24.5 Å². The second-order valence-corrected chi connectivity index (χ2v) is 8.41. The van der Waals surface area contributed by atoms with E-state index in [0.29, 0.717) is 0 Å². The van der Waals surface area contributed by atoms with Crippen LogP contribution in [0, 0.1) is 0 Å². The summed E-state index contributed by atoms with van der Waals surface area (Å²) in [5.41, 5.74) is 4.65. The normalized spacial score (nSPS) is 14.5. The molecule has 2 aromatic heterocycles. The van der Waals surface area contributed by atoms with E-state index in [1.165, 1.54) is 16.7 Å². The van der Waals surface area contributed by atoms with Gasteiger partial charge in [0.15, 0.2) is 0 Å². The minimum atomic E-state index is 0.730. The number of hydrogen-bond acceptors (Lipinski definition) is 6. The van der Waals surface area contributed by atoms with E-state index in [-0.39, 0.29) is 0 Å². The third-order valence-corrected chi connectivity index (χ3v) is 6.03. The molecule has 1 N–H and O–H groups in total. The number of benzene rings is 2. The lowest BCUT2D eigenvalue weighted by Gasteiger charge is -2.27. The van der Waals surface area contributed by atoms with Crippen LogP contribution in [-0.2, 0) is 24.4 Å². The highest BCUT2D eigenvalue weighted by atomic mass is 16.5. The van der Waals surface area contributed by atoms with Gasteiger partial charge in [0.2, 0.25) is 0 Å². The molecule has 0 saturated carbocycles. The van der Waals surface area contributed by atoms with Crippen molar-refractivity contribution in [2.75, 3.05) is 38.3 Å². The average molecular weight is 444 g/mol. The molecular formula is C26H29N5O2. The molecule has 7 heteroatoms. The van der Waals surface area contributed by atoms with Crippen LogP contribution >= 0.6 is 0 Å². The van der Waals surface area contributed by atoms with Crippen molar-refractivity contribution in [2.24, 2.45) is 0 Å². The second kappa shape index (κ2) is 10.0. The number of aromatic nitrogens is 3. The van der Waals surface area contributed by atoms with Gasteiger partial charge in [-0.2, -0.15) is 5.10 Å². The highest BCUT2D eigenvalue weighted by Gasteiger charge is 2.14. The Bertz CT molecular complexity index is 1180. The summed E-state index contributed by atoms with van der Waals surface area (Å²) in [6, 6.07) is 19.0. The van der Waals surface area contributed by atoms with Crippen molar-refractivity contribution in [3.63, 3.8) is 0 Å². The monoisotopic (exact) mass is 443 g/mol. The van der Waals surface area contributed by atoms with Gasteiger partial charge in [-0.25, -0.2) is 4.98 Å². The Morgan fingerprint density at radius 1 is 0.970 bits per heavy atom. The molecule has 0 unspecified atom stereocenters. The third kappa shape index (κ3) is 5.32. The summed E-state index contributed by atoms with van der Waals surface area (Å²) in [5.74, 6) is 1.81. The molecule has 1 saturated heterocycles. The molecule has 33 heavy (non-hydrogen) atoms. The quantitative estimate of drug-likeness (QED) is 0.444. The highest BCUT2D eigenvalue weighted by molar-refractivity contribution is 5.78. The minimum absolute atomic E-state index is 0.730. The molecule has 2 aromatic carbocycles. The first-order valence-electron chi connectivity index (χ1n) is 11.3. The number of ether oxygens (including phenoxy) is 2. The van der Waals surface area contributed by atoms with Crippen molar-refractivity contribution in [1.82, 2.24) is 20.1 Å². The summed E-state index contributed by atoms with van der Waals surface area (Å²) in [5, 5.41) is 8.33. The van der Waals surface area contributed by atoms with Crippen LogP contribution in [0.25, 0.3) is 10.9 Å². The molecule has 1 aliphatic rings. The fourth-order valence-electron chi connectivity index (χ4n) is 4.23. The number of pyridine rings is 1. The van der Waals surface area contributed by atoms with Crippen molar-refractivity contribution < 1.29 is 9.47 Å². The smallest absolute Gasteiger partial charge is 0.129 e. The van der Waals surface area contributed by atoms with Crippen LogP contribution in [-0.4, -0.2) is 53.5 Å². The predicted octanol–water partition coefficient (Wildman–Crippen LogP) is 4.01. The first kappa shape index (κ1) is 21.4. The first-order valence-corrected chi connectivity index (χ1v) is 11.3. The number of rotatable bonds is 8. The van der Waals surface area contributed by atoms with E-state index in [2.05, 4.69) is 62.5 Å². The maximum absolute atomic E-state index is 5.46. The second-order valence-electron chi connectivity index (χ2n) is 8.41. The molecule has 1 aliphatic heterocycles. The molecule has 0 amide bonds. The Balaban J connectivity index is 1.38. The number of nitrogens with zero attached hydrogens (tertiary/aromatic N) is 4.